The number of amides is 2. The molecule has 0 bridgehead atoms. The quantitative estimate of drug-likeness (QED) is 0.729. The molecule has 7 heteroatoms. The zero-order chi connectivity index (χ0) is 20.5. The van der Waals surface area contributed by atoms with Gasteiger partial charge in [0.05, 0.1) is 14.2 Å². The fourth-order valence-electron chi connectivity index (χ4n) is 3.95. The summed E-state index contributed by atoms with van der Waals surface area (Å²) < 4.78 is 10.8. The molecule has 0 spiro atoms. The van der Waals surface area contributed by atoms with Gasteiger partial charge in [-0.2, -0.15) is 0 Å². The number of hydrogen-bond donors (Lipinski definition) is 0. The third kappa shape index (κ3) is 3.81. The van der Waals surface area contributed by atoms with Crippen molar-refractivity contribution in [1.82, 2.24) is 14.7 Å². The van der Waals surface area contributed by atoms with E-state index in [1.165, 1.54) is 0 Å². The van der Waals surface area contributed by atoms with Gasteiger partial charge in [0.2, 0.25) is 11.8 Å². The maximum atomic E-state index is 13.3. The summed E-state index contributed by atoms with van der Waals surface area (Å²) in [5.74, 6) is 1.16. The first kappa shape index (κ1) is 20.5. The van der Waals surface area contributed by atoms with Crippen LogP contribution in [0.4, 0.5) is 0 Å². The molecule has 0 aromatic heterocycles. The first-order valence-corrected chi connectivity index (χ1v) is 9.79. The second-order valence-corrected chi connectivity index (χ2v) is 8.17. The minimum Gasteiger partial charge on any atom is -0.493 e. The first-order valence-electron chi connectivity index (χ1n) is 9.79. The summed E-state index contributed by atoms with van der Waals surface area (Å²) in [5, 5.41) is 0. The Morgan fingerprint density at radius 2 is 1.39 bits per heavy atom. The number of fused-ring (bicyclic) bond motifs is 1. The highest BCUT2D eigenvalue weighted by molar-refractivity contribution is 6.04. The maximum Gasteiger partial charge on any atom is 0.238 e. The molecule has 0 radical (unpaired) electrons. The fourth-order valence-corrected chi connectivity index (χ4v) is 3.95. The minimum absolute atomic E-state index is 0.0799. The topological polar surface area (TPSA) is 62.3 Å². The Labute approximate surface area is 167 Å². The standard InChI is InChI=1S/C21H31N3O4/c1-21(2,19(25)23-10-8-22(3)9-11-23)20(26)24-7-6-15-12-17(27-4)18(28-5)13-16(15)14-24/h12-13H,6-11,14H2,1-5H3. The van der Waals surface area contributed by atoms with Gasteiger partial charge in [-0.3, -0.25) is 9.59 Å². The highest BCUT2D eigenvalue weighted by Crippen LogP contribution is 2.34. The van der Waals surface area contributed by atoms with Gasteiger partial charge in [-0.25, -0.2) is 0 Å². The molecular formula is C21H31N3O4. The van der Waals surface area contributed by atoms with Crippen molar-refractivity contribution in [2.75, 3.05) is 54.0 Å². The van der Waals surface area contributed by atoms with Crippen LogP contribution in [0.1, 0.15) is 25.0 Å². The SMILES string of the molecule is COc1cc2c(cc1OC)CN(C(=O)C(C)(C)C(=O)N1CCN(C)CC1)CC2. The largest absolute Gasteiger partial charge is 0.493 e. The Bertz CT molecular complexity index is 754. The normalized spacial score (nSPS) is 17.9. The fraction of sp³-hybridized carbons (Fsp3) is 0.619. The number of hydrogen-bond acceptors (Lipinski definition) is 5. The third-order valence-corrected chi connectivity index (χ3v) is 5.87. The van der Waals surface area contributed by atoms with E-state index in [0.717, 1.165) is 30.6 Å². The van der Waals surface area contributed by atoms with Crippen molar-refractivity contribution in [3.8, 4) is 11.5 Å². The summed E-state index contributed by atoms with van der Waals surface area (Å²) in [5.41, 5.74) is 1.13. The lowest BCUT2D eigenvalue weighted by molar-refractivity contribution is -0.155. The molecule has 1 aromatic carbocycles. The molecular weight excluding hydrogens is 358 g/mol. The van der Waals surface area contributed by atoms with Crippen molar-refractivity contribution >= 4 is 11.8 Å². The zero-order valence-electron chi connectivity index (χ0n) is 17.6. The van der Waals surface area contributed by atoms with E-state index in [-0.39, 0.29) is 11.8 Å². The maximum absolute atomic E-state index is 13.3. The molecule has 0 unspecified atom stereocenters. The second-order valence-electron chi connectivity index (χ2n) is 8.17. The Kier molecular flexibility index (Phi) is 5.84. The molecule has 0 saturated carbocycles. The van der Waals surface area contributed by atoms with Crippen LogP contribution in [0, 0.1) is 5.41 Å². The predicted molar refractivity (Wildman–Crippen MR) is 107 cm³/mol. The molecule has 2 heterocycles. The van der Waals surface area contributed by atoms with Gasteiger partial charge >= 0.3 is 0 Å². The number of rotatable bonds is 4. The molecule has 1 saturated heterocycles. The zero-order valence-corrected chi connectivity index (χ0v) is 17.6. The molecule has 0 atom stereocenters. The van der Waals surface area contributed by atoms with E-state index in [0.29, 0.717) is 37.7 Å². The smallest absolute Gasteiger partial charge is 0.238 e. The van der Waals surface area contributed by atoms with Gasteiger partial charge in [0.15, 0.2) is 11.5 Å². The van der Waals surface area contributed by atoms with Crippen molar-refractivity contribution < 1.29 is 19.1 Å². The van der Waals surface area contributed by atoms with Crippen molar-refractivity contribution in [3.63, 3.8) is 0 Å². The van der Waals surface area contributed by atoms with Crippen LogP contribution in [0.5, 0.6) is 11.5 Å². The average molecular weight is 389 g/mol. The Balaban J connectivity index is 1.75. The summed E-state index contributed by atoms with van der Waals surface area (Å²) >= 11 is 0. The Hall–Kier alpha value is -2.28. The van der Waals surface area contributed by atoms with Crippen LogP contribution in [0.3, 0.4) is 0 Å². The van der Waals surface area contributed by atoms with Crippen LogP contribution < -0.4 is 9.47 Å². The number of ether oxygens (including phenoxy) is 2. The number of nitrogens with zero attached hydrogens (tertiary/aromatic N) is 3. The molecule has 0 aliphatic carbocycles. The van der Waals surface area contributed by atoms with E-state index in [9.17, 15) is 9.59 Å². The van der Waals surface area contributed by atoms with E-state index in [1.807, 2.05) is 24.1 Å². The van der Waals surface area contributed by atoms with Gasteiger partial charge in [0, 0.05) is 39.3 Å². The Morgan fingerprint density at radius 3 is 1.96 bits per heavy atom. The molecule has 2 amide bonds. The van der Waals surface area contributed by atoms with Gasteiger partial charge < -0.3 is 24.2 Å². The van der Waals surface area contributed by atoms with Crippen LogP contribution in [-0.4, -0.2) is 80.5 Å². The summed E-state index contributed by atoms with van der Waals surface area (Å²) in [6.45, 7) is 7.61. The molecule has 3 rings (SSSR count). The summed E-state index contributed by atoms with van der Waals surface area (Å²) in [4.78, 5) is 32.1. The minimum atomic E-state index is -1.07. The van der Waals surface area contributed by atoms with Crippen LogP contribution >= 0.6 is 0 Å². The molecule has 2 aliphatic rings. The van der Waals surface area contributed by atoms with Crippen molar-refractivity contribution in [1.29, 1.82) is 0 Å². The van der Waals surface area contributed by atoms with Crippen LogP contribution in [0.25, 0.3) is 0 Å². The molecule has 0 N–H and O–H groups in total. The molecule has 1 aromatic rings. The van der Waals surface area contributed by atoms with E-state index in [2.05, 4.69) is 4.90 Å². The molecule has 154 valence electrons. The van der Waals surface area contributed by atoms with E-state index >= 15 is 0 Å². The third-order valence-electron chi connectivity index (χ3n) is 5.87. The highest BCUT2D eigenvalue weighted by Gasteiger charge is 2.42. The van der Waals surface area contributed by atoms with Crippen LogP contribution in [0.2, 0.25) is 0 Å². The van der Waals surface area contributed by atoms with Crippen LogP contribution in [-0.2, 0) is 22.6 Å². The number of carbonyl (C=O) groups excluding carboxylic acids is 2. The first-order chi connectivity index (χ1) is 13.3. The van der Waals surface area contributed by atoms with Gasteiger partial charge in [-0.15, -0.1) is 0 Å². The monoisotopic (exact) mass is 389 g/mol. The molecule has 2 aliphatic heterocycles. The highest BCUT2D eigenvalue weighted by atomic mass is 16.5. The second kappa shape index (κ2) is 7.99. The van der Waals surface area contributed by atoms with Crippen molar-refractivity contribution in [2.24, 2.45) is 5.41 Å². The molecule has 1 fully saturated rings. The van der Waals surface area contributed by atoms with Crippen LogP contribution in [0.15, 0.2) is 12.1 Å². The van der Waals surface area contributed by atoms with Crippen molar-refractivity contribution in [3.05, 3.63) is 23.3 Å². The number of benzene rings is 1. The van der Waals surface area contributed by atoms with Gasteiger partial charge in [0.25, 0.3) is 0 Å². The number of piperazine rings is 1. The van der Waals surface area contributed by atoms with E-state index < -0.39 is 5.41 Å². The van der Waals surface area contributed by atoms with Gasteiger partial charge in [-0.05, 0) is 50.6 Å². The number of carbonyl (C=O) groups is 2. The Morgan fingerprint density at radius 1 is 0.857 bits per heavy atom. The summed E-state index contributed by atoms with van der Waals surface area (Å²) in [6, 6.07) is 3.92. The van der Waals surface area contributed by atoms with Gasteiger partial charge in [0.1, 0.15) is 5.41 Å². The van der Waals surface area contributed by atoms with E-state index in [1.54, 1.807) is 33.0 Å². The van der Waals surface area contributed by atoms with Crippen molar-refractivity contribution in [2.45, 2.75) is 26.8 Å². The molecule has 7 nitrogen and oxygen atoms in total. The average Bonchev–Trinajstić information content (AvgIpc) is 2.71. The number of likely N-dealkylation sites (N-methyl/N-ethyl adjacent to an activating group) is 1. The lowest BCUT2D eigenvalue weighted by atomic mass is 9.87. The number of methoxy groups -OCH3 is 2. The lowest BCUT2D eigenvalue weighted by Gasteiger charge is -2.39. The summed E-state index contributed by atoms with van der Waals surface area (Å²) in [6.07, 6.45) is 0.736. The van der Waals surface area contributed by atoms with E-state index in [4.69, 9.17) is 9.47 Å². The van der Waals surface area contributed by atoms with Gasteiger partial charge in [-0.1, -0.05) is 0 Å². The molecule has 28 heavy (non-hydrogen) atoms. The summed E-state index contributed by atoms with van der Waals surface area (Å²) in [7, 11) is 5.27. The lowest BCUT2D eigenvalue weighted by Crippen LogP contribution is -2.55. The predicted octanol–water partition coefficient (Wildman–Crippen LogP) is 1.39.